The Morgan fingerprint density at radius 1 is 1.45 bits per heavy atom. The van der Waals surface area contributed by atoms with Crippen molar-refractivity contribution in [2.24, 2.45) is 11.7 Å². The molecule has 0 radical (unpaired) electrons. The first-order valence-electron chi connectivity index (χ1n) is 7.17. The van der Waals surface area contributed by atoms with E-state index >= 15 is 0 Å². The predicted molar refractivity (Wildman–Crippen MR) is 83.0 cm³/mol. The van der Waals surface area contributed by atoms with E-state index in [2.05, 4.69) is 12.2 Å². The molecule has 0 saturated carbocycles. The molecule has 20 heavy (non-hydrogen) atoms. The molecule has 0 bridgehead atoms. The summed E-state index contributed by atoms with van der Waals surface area (Å²) < 4.78 is 0. The van der Waals surface area contributed by atoms with Crippen molar-refractivity contribution in [3.63, 3.8) is 0 Å². The van der Waals surface area contributed by atoms with Gasteiger partial charge in [-0.3, -0.25) is 0 Å². The minimum atomic E-state index is -0.0719. The maximum atomic E-state index is 12.3. The molecule has 1 saturated heterocycles. The van der Waals surface area contributed by atoms with Crippen LogP contribution >= 0.6 is 11.6 Å². The lowest BCUT2D eigenvalue weighted by Crippen LogP contribution is -2.51. The van der Waals surface area contributed by atoms with Crippen molar-refractivity contribution in [2.45, 2.75) is 32.2 Å². The summed E-state index contributed by atoms with van der Waals surface area (Å²) in [7, 11) is 0. The van der Waals surface area contributed by atoms with Crippen LogP contribution in [-0.2, 0) is 0 Å². The normalized spacial score (nSPS) is 22.6. The van der Waals surface area contributed by atoms with Gasteiger partial charge in [-0.2, -0.15) is 0 Å². The van der Waals surface area contributed by atoms with Crippen LogP contribution in [0.2, 0.25) is 5.02 Å². The second-order valence-corrected chi connectivity index (χ2v) is 5.76. The van der Waals surface area contributed by atoms with Crippen LogP contribution in [0.1, 0.15) is 26.2 Å². The zero-order chi connectivity index (χ0) is 14.5. The molecule has 110 valence electrons. The highest BCUT2D eigenvalue weighted by Gasteiger charge is 2.29. The molecule has 0 aliphatic carbocycles. The van der Waals surface area contributed by atoms with Crippen molar-refractivity contribution in [1.82, 2.24) is 4.90 Å². The second kappa shape index (κ2) is 6.95. The van der Waals surface area contributed by atoms with Crippen molar-refractivity contribution >= 4 is 23.3 Å². The third kappa shape index (κ3) is 3.64. The summed E-state index contributed by atoms with van der Waals surface area (Å²) in [5.41, 5.74) is 6.58. The SMILES string of the molecule is CCC1CCN(C(=O)Nc2ccc(Cl)cc2)C(CN)C1. The van der Waals surface area contributed by atoms with E-state index in [-0.39, 0.29) is 12.1 Å². The number of amides is 2. The zero-order valence-electron chi connectivity index (χ0n) is 11.8. The van der Waals surface area contributed by atoms with E-state index in [1.807, 2.05) is 4.90 Å². The lowest BCUT2D eigenvalue weighted by molar-refractivity contribution is 0.138. The fourth-order valence-corrected chi connectivity index (χ4v) is 2.85. The van der Waals surface area contributed by atoms with Crippen molar-refractivity contribution in [3.05, 3.63) is 29.3 Å². The Balaban J connectivity index is 1.99. The molecule has 3 N–H and O–H groups in total. The summed E-state index contributed by atoms with van der Waals surface area (Å²) in [5, 5.41) is 3.57. The summed E-state index contributed by atoms with van der Waals surface area (Å²) in [6.45, 7) is 3.49. The predicted octanol–water partition coefficient (Wildman–Crippen LogP) is 3.32. The molecule has 2 rings (SSSR count). The Bertz CT molecular complexity index is 449. The molecule has 1 fully saturated rings. The number of nitrogens with two attached hydrogens (primary N) is 1. The van der Waals surface area contributed by atoms with Gasteiger partial charge in [0, 0.05) is 29.8 Å². The molecule has 1 aliphatic rings. The molecule has 2 unspecified atom stereocenters. The van der Waals surface area contributed by atoms with Gasteiger partial charge >= 0.3 is 6.03 Å². The quantitative estimate of drug-likeness (QED) is 0.898. The Kier molecular flexibility index (Phi) is 5.26. The molecule has 5 heteroatoms. The molecule has 2 atom stereocenters. The highest BCUT2D eigenvalue weighted by Crippen LogP contribution is 2.25. The fourth-order valence-electron chi connectivity index (χ4n) is 2.72. The number of nitrogens with one attached hydrogen (secondary N) is 1. The molecule has 1 aromatic carbocycles. The summed E-state index contributed by atoms with van der Waals surface area (Å²) in [4.78, 5) is 14.2. The molecule has 4 nitrogen and oxygen atoms in total. The molecule has 1 heterocycles. The number of likely N-dealkylation sites (tertiary alicyclic amines) is 1. The maximum absolute atomic E-state index is 12.3. The van der Waals surface area contributed by atoms with Gasteiger partial charge in [-0.25, -0.2) is 4.79 Å². The maximum Gasteiger partial charge on any atom is 0.322 e. The van der Waals surface area contributed by atoms with Gasteiger partial charge in [0.2, 0.25) is 0 Å². The van der Waals surface area contributed by atoms with Crippen LogP contribution in [0.15, 0.2) is 24.3 Å². The highest BCUT2D eigenvalue weighted by atomic mass is 35.5. The number of halogens is 1. The molecule has 2 amide bonds. The van der Waals surface area contributed by atoms with Crippen molar-refractivity contribution < 1.29 is 4.79 Å². The third-order valence-electron chi connectivity index (χ3n) is 4.03. The summed E-state index contributed by atoms with van der Waals surface area (Å²) in [6.07, 6.45) is 3.21. The van der Waals surface area contributed by atoms with E-state index in [0.717, 1.165) is 31.5 Å². The largest absolute Gasteiger partial charge is 0.328 e. The highest BCUT2D eigenvalue weighted by molar-refractivity contribution is 6.30. The summed E-state index contributed by atoms with van der Waals surface area (Å²) in [5.74, 6) is 0.683. The summed E-state index contributed by atoms with van der Waals surface area (Å²) >= 11 is 5.83. The van der Waals surface area contributed by atoms with Crippen LogP contribution in [0.4, 0.5) is 10.5 Å². The number of rotatable bonds is 3. The van der Waals surface area contributed by atoms with Crippen LogP contribution in [0.25, 0.3) is 0 Å². The number of piperidine rings is 1. The number of anilines is 1. The van der Waals surface area contributed by atoms with Crippen LogP contribution in [0.5, 0.6) is 0 Å². The van der Waals surface area contributed by atoms with Gasteiger partial charge in [0.25, 0.3) is 0 Å². The Morgan fingerprint density at radius 2 is 2.15 bits per heavy atom. The van der Waals surface area contributed by atoms with Crippen LogP contribution in [0.3, 0.4) is 0 Å². The van der Waals surface area contributed by atoms with Crippen LogP contribution in [0, 0.1) is 5.92 Å². The van der Waals surface area contributed by atoms with E-state index in [1.54, 1.807) is 24.3 Å². The van der Waals surface area contributed by atoms with Gasteiger partial charge in [-0.15, -0.1) is 0 Å². The number of urea groups is 1. The molecule has 1 aromatic rings. The summed E-state index contributed by atoms with van der Waals surface area (Å²) in [6, 6.07) is 7.20. The molecule has 0 spiro atoms. The molecule has 1 aliphatic heterocycles. The monoisotopic (exact) mass is 295 g/mol. The number of carbonyl (C=O) groups excluding carboxylic acids is 1. The number of nitrogens with zero attached hydrogens (tertiary/aromatic N) is 1. The minimum absolute atomic E-state index is 0.0719. The zero-order valence-corrected chi connectivity index (χ0v) is 12.6. The van der Waals surface area contributed by atoms with Gasteiger partial charge in [-0.1, -0.05) is 24.9 Å². The van der Waals surface area contributed by atoms with Crippen molar-refractivity contribution in [3.8, 4) is 0 Å². The smallest absolute Gasteiger partial charge is 0.322 e. The van der Waals surface area contributed by atoms with E-state index in [4.69, 9.17) is 17.3 Å². The number of carbonyl (C=O) groups is 1. The third-order valence-corrected chi connectivity index (χ3v) is 4.28. The van der Waals surface area contributed by atoms with E-state index < -0.39 is 0 Å². The van der Waals surface area contributed by atoms with Gasteiger partial charge in [0.05, 0.1) is 0 Å². The fraction of sp³-hybridized carbons (Fsp3) is 0.533. The van der Waals surface area contributed by atoms with Crippen molar-refractivity contribution in [1.29, 1.82) is 0 Å². The van der Waals surface area contributed by atoms with Gasteiger partial charge in [0.1, 0.15) is 0 Å². The Hall–Kier alpha value is -1.26. The topological polar surface area (TPSA) is 58.4 Å². The molecule has 0 aromatic heterocycles. The van der Waals surface area contributed by atoms with Gasteiger partial charge < -0.3 is 16.0 Å². The molecular weight excluding hydrogens is 274 g/mol. The minimum Gasteiger partial charge on any atom is -0.328 e. The first kappa shape index (κ1) is 15.1. The second-order valence-electron chi connectivity index (χ2n) is 5.32. The van der Waals surface area contributed by atoms with Gasteiger partial charge in [-0.05, 0) is 43.0 Å². The lowest BCUT2D eigenvalue weighted by Gasteiger charge is -2.38. The average Bonchev–Trinajstić information content (AvgIpc) is 2.48. The number of hydrogen-bond acceptors (Lipinski definition) is 2. The Morgan fingerprint density at radius 3 is 2.75 bits per heavy atom. The van der Waals surface area contributed by atoms with E-state index in [0.29, 0.717) is 17.5 Å². The Labute approximate surface area is 125 Å². The van der Waals surface area contributed by atoms with Crippen molar-refractivity contribution in [2.75, 3.05) is 18.4 Å². The number of benzene rings is 1. The first-order chi connectivity index (χ1) is 9.63. The van der Waals surface area contributed by atoms with E-state index in [1.165, 1.54) is 0 Å². The van der Waals surface area contributed by atoms with Crippen LogP contribution in [-0.4, -0.2) is 30.1 Å². The van der Waals surface area contributed by atoms with E-state index in [9.17, 15) is 4.79 Å². The average molecular weight is 296 g/mol. The lowest BCUT2D eigenvalue weighted by atomic mass is 9.89. The standard InChI is InChI=1S/C15H22ClN3O/c1-2-11-7-8-19(14(9-11)10-17)15(20)18-13-5-3-12(16)4-6-13/h3-6,11,14H,2,7-10,17H2,1H3,(H,18,20). The number of hydrogen-bond donors (Lipinski definition) is 2. The first-order valence-corrected chi connectivity index (χ1v) is 7.55. The van der Waals surface area contributed by atoms with Gasteiger partial charge in [0.15, 0.2) is 0 Å². The molecular formula is C15H22ClN3O. The van der Waals surface area contributed by atoms with Crippen LogP contribution < -0.4 is 11.1 Å².